The van der Waals surface area contributed by atoms with Gasteiger partial charge in [0.1, 0.15) is 0 Å². The van der Waals surface area contributed by atoms with Crippen LogP contribution in [0.1, 0.15) is 28.8 Å². The number of rotatable bonds is 3. The fourth-order valence-electron chi connectivity index (χ4n) is 2.39. The quantitative estimate of drug-likeness (QED) is 0.682. The van der Waals surface area contributed by atoms with Gasteiger partial charge in [0.15, 0.2) is 12.4 Å². The number of nitrogens with zero attached hydrogens (tertiary/aromatic N) is 1. The maximum Gasteiger partial charge on any atom is 0.231 e. The van der Waals surface area contributed by atoms with E-state index in [1.54, 1.807) is 12.1 Å². The molecule has 1 N–H and O–H groups in total. The molecule has 1 amide bonds. The Hall–Kier alpha value is -2.49. The van der Waals surface area contributed by atoms with Gasteiger partial charge in [0, 0.05) is 23.4 Å². The summed E-state index contributed by atoms with van der Waals surface area (Å²) in [6, 6.07) is 11.1. The van der Waals surface area contributed by atoms with Crippen molar-refractivity contribution in [2.75, 3.05) is 5.32 Å². The molecule has 1 aromatic heterocycles. The summed E-state index contributed by atoms with van der Waals surface area (Å²) in [7, 11) is 0. The minimum absolute atomic E-state index is 0.0120. The Morgan fingerprint density at radius 1 is 1.25 bits per heavy atom. The SMILES string of the molecule is C[C@H]1C(=O)Nc2ccc(C(=O)C[n+]3ccccc3)cc21. The molecule has 1 aliphatic heterocycles. The summed E-state index contributed by atoms with van der Waals surface area (Å²) in [5.74, 6) is -0.167. The molecule has 2 aromatic rings. The van der Waals surface area contributed by atoms with Crippen LogP contribution in [-0.2, 0) is 11.3 Å². The third-order valence-corrected chi connectivity index (χ3v) is 3.59. The van der Waals surface area contributed by atoms with E-state index in [-0.39, 0.29) is 17.6 Å². The van der Waals surface area contributed by atoms with E-state index in [1.165, 1.54) is 0 Å². The molecule has 1 aromatic carbocycles. The molecule has 4 heteroatoms. The van der Waals surface area contributed by atoms with Crippen LogP contribution in [0.5, 0.6) is 0 Å². The first kappa shape index (κ1) is 12.5. The molecule has 20 heavy (non-hydrogen) atoms. The third-order valence-electron chi connectivity index (χ3n) is 3.59. The zero-order valence-corrected chi connectivity index (χ0v) is 11.2. The van der Waals surface area contributed by atoms with E-state index >= 15 is 0 Å². The normalized spacial score (nSPS) is 16.6. The van der Waals surface area contributed by atoms with Crippen molar-refractivity contribution in [3.63, 3.8) is 0 Å². The predicted octanol–water partition coefficient (Wildman–Crippen LogP) is 1.91. The Kier molecular flexibility index (Phi) is 3.06. The molecule has 0 spiro atoms. The molecule has 0 fully saturated rings. The number of amides is 1. The summed E-state index contributed by atoms with van der Waals surface area (Å²) in [5.41, 5.74) is 2.36. The number of fused-ring (bicyclic) bond motifs is 1. The fourth-order valence-corrected chi connectivity index (χ4v) is 2.39. The largest absolute Gasteiger partial charge is 0.325 e. The zero-order valence-electron chi connectivity index (χ0n) is 11.2. The van der Waals surface area contributed by atoms with Gasteiger partial charge in [-0.25, -0.2) is 0 Å². The average Bonchev–Trinajstić information content (AvgIpc) is 2.75. The van der Waals surface area contributed by atoms with Crippen molar-refractivity contribution in [3.8, 4) is 0 Å². The molecule has 0 bridgehead atoms. The van der Waals surface area contributed by atoms with Crippen LogP contribution >= 0.6 is 0 Å². The fraction of sp³-hybridized carbons (Fsp3) is 0.188. The molecular formula is C16H15N2O2+. The Morgan fingerprint density at radius 3 is 2.75 bits per heavy atom. The van der Waals surface area contributed by atoms with E-state index in [9.17, 15) is 9.59 Å². The van der Waals surface area contributed by atoms with Crippen LogP contribution in [0.15, 0.2) is 48.8 Å². The topological polar surface area (TPSA) is 50.1 Å². The van der Waals surface area contributed by atoms with Crippen molar-refractivity contribution in [1.29, 1.82) is 0 Å². The van der Waals surface area contributed by atoms with Crippen molar-refractivity contribution in [2.45, 2.75) is 19.4 Å². The average molecular weight is 267 g/mol. The summed E-state index contributed by atoms with van der Waals surface area (Å²) in [6.07, 6.45) is 3.72. The highest BCUT2D eigenvalue weighted by Gasteiger charge is 2.27. The van der Waals surface area contributed by atoms with Crippen molar-refractivity contribution < 1.29 is 14.2 Å². The lowest BCUT2D eigenvalue weighted by atomic mass is 9.99. The standard InChI is InChI=1S/C16H14N2O2/c1-11-13-9-12(5-6-14(13)17-16(11)20)15(19)10-18-7-3-2-4-8-18/h2-9,11H,10H2,1H3/p+1/t11-/m1/s1. The number of carbonyl (C=O) groups is 2. The summed E-state index contributed by atoms with van der Waals surface area (Å²) < 4.78 is 1.84. The maximum atomic E-state index is 12.3. The zero-order chi connectivity index (χ0) is 14.1. The summed E-state index contributed by atoms with van der Waals surface area (Å²) >= 11 is 0. The number of hydrogen-bond donors (Lipinski definition) is 1. The maximum absolute atomic E-state index is 12.3. The first-order chi connectivity index (χ1) is 9.65. The van der Waals surface area contributed by atoms with Crippen molar-refractivity contribution in [1.82, 2.24) is 0 Å². The van der Waals surface area contributed by atoms with Crippen LogP contribution in [-0.4, -0.2) is 11.7 Å². The molecule has 1 atom stereocenters. The number of pyridine rings is 1. The summed E-state index contributed by atoms with van der Waals surface area (Å²) in [5, 5.41) is 2.81. The van der Waals surface area contributed by atoms with Crippen LogP contribution in [0.4, 0.5) is 5.69 Å². The minimum Gasteiger partial charge on any atom is -0.325 e. The molecule has 0 saturated carbocycles. The minimum atomic E-state index is -0.192. The Labute approximate surface area is 117 Å². The number of benzene rings is 1. The third kappa shape index (κ3) is 2.20. The lowest BCUT2D eigenvalue weighted by Crippen LogP contribution is -2.36. The molecule has 0 unspecified atom stereocenters. The smallest absolute Gasteiger partial charge is 0.231 e. The Bertz CT molecular complexity index is 680. The van der Waals surface area contributed by atoms with Crippen LogP contribution < -0.4 is 9.88 Å². The summed E-state index contributed by atoms with van der Waals surface area (Å²) in [4.78, 5) is 23.9. The molecular weight excluding hydrogens is 252 g/mol. The molecule has 1 aliphatic rings. The van der Waals surface area contributed by atoms with Gasteiger partial charge < -0.3 is 5.32 Å². The number of hydrogen-bond acceptors (Lipinski definition) is 2. The van der Waals surface area contributed by atoms with E-state index in [2.05, 4.69) is 5.32 Å². The number of carbonyl (C=O) groups excluding carboxylic acids is 2. The van der Waals surface area contributed by atoms with E-state index in [4.69, 9.17) is 0 Å². The molecule has 0 saturated heterocycles. The second-order valence-electron chi connectivity index (χ2n) is 4.98. The second-order valence-corrected chi connectivity index (χ2v) is 4.98. The van der Waals surface area contributed by atoms with Gasteiger partial charge in [-0.15, -0.1) is 0 Å². The first-order valence-corrected chi connectivity index (χ1v) is 6.57. The van der Waals surface area contributed by atoms with Crippen LogP contribution in [0.3, 0.4) is 0 Å². The molecule has 4 nitrogen and oxygen atoms in total. The van der Waals surface area contributed by atoms with Gasteiger partial charge in [-0.05, 0) is 30.7 Å². The van der Waals surface area contributed by atoms with E-state index in [0.717, 1.165) is 11.3 Å². The number of nitrogens with one attached hydrogen (secondary N) is 1. The van der Waals surface area contributed by atoms with Gasteiger partial charge in [-0.3, -0.25) is 9.59 Å². The Morgan fingerprint density at radius 2 is 2.00 bits per heavy atom. The highest BCUT2D eigenvalue weighted by Crippen LogP contribution is 2.32. The highest BCUT2D eigenvalue weighted by molar-refractivity contribution is 6.04. The van der Waals surface area contributed by atoms with E-state index in [1.807, 2.05) is 48.1 Å². The molecule has 100 valence electrons. The van der Waals surface area contributed by atoms with Crippen LogP contribution in [0.2, 0.25) is 0 Å². The highest BCUT2D eigenvalue weighted by atomic mass is 16.2. The number of ketones is 1. The summed E-state index contributed by atoms with van der Waals surface area (Å²) in [6.45, 7) is 2.15. The van der Waals surface area contributed by atoms with Gasteiger partial charge in [0.2, 0.25) is 18.2 Å². The molecule has 3 rings (SSSR count). The van der Waals surface area contributed by atoms with Gasteiger partial charge in [0.25, 0.3) is 0 Å². The first-order valence-electron chi connectivity index (χ1n) is 6.57. The van der Waals surface area contributed by atoms with Crippen molar-refractivity contribution in [3.05, 3.63) is 59.9 Å². The molecule has 0 radical (unpaired) electrons. The second kappa shape index (κ2) is 4.89. The van der Waals surface area contributed by atoms with Crippen molar-refractivity contribution >= 4 is 17.4 Å². The van der Waals surface area contributed by atoms with E-state index in [0.29, 0.717) is 12.1 Å². The Balaban J connectivity index is 1.85. The lowest BCUT2D eigenvalue weighted by Gasteiger charge is -2.04. The predicted molar refractivity (Wildman–Crippen MR) is 74.5 cm³/mol. The van der Waals surface area contributed by atoms with Crippen molar-refractivity contribution in [2.24, 2.45) is 0 Å². The van der Waals surface area contributed by atoms with Crippen LogP contribution in [0.25, 0.3) is 0 Å². The number of anilines is 1. The van der Waals surface area contributed by atoms with Gasteiger partial charge in [-0.1, -0.05) is 6.07 Å². The van der Waals surface area contributed by atoms with E-state index < -0.39 is 0 Å². The number of aromatic nitrogens is 1. The van der Waals surface area contributed by atoms with Crippen LogP contribution in [0, 0.1) is 0 Å². The lowest BCUT2D eigenvalue weighted by molar-refractivity contribution is -0.683. The number of Topliss-reactive ketones (excluding diaryl/α,β-unsaturated/α-hetero) is 1. The van der Waals surface area contributed by atoms with Gasteiger partial charge in [0.05, 0.1) is 5.92 Å². The van der Waals surface area contributed by atoms with Gasteiger partial charge in [-0.2, -0.15) is 4.57 Å². The molecule has 2 heterocycles. The monoisotopic (exact) mass is 267 g/mol. The van der Waals surface area contributed by atoms with Gasteiger partial charge >= 0.3 is 0 Å². The molecule has 0 aliphatic carbocycles.